The summed E-state index contributed by atoms with van der Waals surface area (Å²) in [4.78, 5) is 38.1. The van der Waals surface area contributed by atoms with Crippen molar-refractivity contribution in [2.75, 3.05) is 23.7 Å². The van der Waals surface area contributed by atoms with E-state index in [-0.39, 0.29) is 23.8 Å². The van der Waals surface area contributed by atoms with Crippen molar-refractivity contribution >= 4 is 29.3 Å². The van der Waals surface area contributed by atoms with Gasteiger partial charge in [-0.2, -0.15) is 0 Å². The lowest BCUT2D eigenvalue weighted by atomic mass is 9.96. The standard InChI is InChI=1S/C20H27N3O5/c1-12-17(24)22-15-11-14(5-6-16(15)27-12)21-18(25)13-7-9-23(10-8-13)19(26)28-20(2,3)4/h5-6,11-13H,7-10H2,1-4H3,(H,21,25)(H,22,24)/t12-/m0/s1. The zero-order valence-electron chi connectivity index (χ0n) is 16.7. The van der Waals surface area contributed by atoms with E-state index in [2.05, 4.69) is 10.6 Å². The minimum Gasteiger partial charge on any atom is -0.479 e. The fourth-order valence-corrected chi connectivity index (χ4v) is 3.18. The van der Waals surface area contributed by atoms with Crippen LogP contribution >= 0.6 is 0 Å². The molecule has 3 amide bonds. The first-order chi connectivity index (χ1) is 13.1. The lowest BCUT2D eigenvalue weighted by Crippen LogP contribution is -2.43. The average molecular weight is 389 g/mol. The molecule has 28 heavy (non-hydrogen) atoms. The first kappa shape index (κ1) is 20.0. The molecule has 1 atom stereocenters. The molecule has 2 aliphatic rings. The summed E-state index contributed by atoms with van der Waals surface area (Å²) in [5.41, 5.74) is 0.603. The highest BCUT2D eigenvalue weighted by molar-refractivity contribution is 5.99. The number of hydrogen-bond donors (Lipinski definition) is 2. The quantitative estimate of drug-likeness (QED) is 0.810. The van der Waals surface area contributed by atoms with Crippen LogP contribution in [0.3, 0.4) is 0 Å². The monoisotopic (exact) mass is 389 g/mol. The van der Waals surface area contributed by atoms with Gasteiger partial charge in [0.15, 0.2) is 6.10 Å². The molecule has 3 rings (SSSR count). The van der Waals surface area contributed by atoms with Crippen LogP contribution in [0.2, 0.25) is 0 Å². The van der Waals surface area contributed by atoms with Gasteiger partial charge in [0.2, 0.25) is 5.91 Å². The number of fused-ring (bicyclic) bond motifs is 1. The fourth-order valence-electron chi connectivity index (χ4n) is 3.18. The Bertz CT molecular complexity index is 779. The van der Waals surface area contributed by atoms with E-state index in [9.17, 15) is 14.4 Å². The highest BCUT2D eigenvalue weighted by Gasteiger charge is 2.30. The summed E-state index contributed by atoms with van der Waals surface area (Å²) in [5, 5.41) is 5.66. The summed E-state index contributed by atoms with van der Waals surface area (Å²) in [7, 11) is 0. The lowest BCUT2D eigenvalue weighted by Gasteiger charge is -2.33. The Balaban J connectivity index is 1.55. The second-order valence-electron chi connectivity index (χ2n) is 8.19. The van der Waals surface area contributed by atoms with E-state index < -0.39 is 11.7 Å². The maximum atomic E-state index is 12.6. The zero-order chi connectivity index (χ0) is 20.5. The molecular formula is C20H27N3O5. The highest BCUT2D eigenvalue weighted by atomic mass is 16.6. The van der Waals surface area contributed by atoms with Crippen LogP contribution in [0, 0.1) is 5.92 Å². The number of piperidine rings is 1. The maximum Gasteiger partial charge on any atom is 0.410 e. The van der Waals surface area contributed by atoms with Gasteiger partial charge in [0, 0.05) is 24.7 Å². The first-order valence-corrected chi connectivity index (χ1v) is 9.53. The molecule has 0 bridgehead atoms. The second-order valence-corrected chi connectivity index (χ2v) is 8.19. The Morgan fingerprint density at radius 2 is 1.93 bits per heavy atom. The van der Waals surface area contributed by atoms with Crippen LogP contribution in [0.25, 0.3) is 0 Å². The molecule has 0 aliphatic carbocycles. The van der Waals surface area contributed by atoms with Crippen molar-refractivity contribution in [3.8, 4) is 5.75 Å². The predicted octanol–water partition coefficient (Wildman–Crippen LogP) is 2.99. The number of nitrogens with one attached hydrogen (secondary N) is 2. The van der Waals surface area contributed by atoms with Gasteiger partial charge in [-0.25, -0.2) is 4.79 Å². The summed E-state index contributed by atoms with van der Waals surface area (Å²) in [6.45, 7) is 8.14. The minimum absolute atomic E-state index is 0.0970. The van der Waals surface area contributed by atoms with Crippen LogP contribution in [-0.4, -0.2) is 47.6 Å². The van der Waals surface area contributed by atoms with Crippen molar-refractivity contribution in [3.63, 3.8) is 0 Å². The Morgan fingerprint density at radius 1 is 1.25 bits per heavy atom. The van der Waals surface area contributed by atoms with E-state index in [4.69, 9.17) is 9.47 Å². The number of nitrogens with zero attached hydrogens (tertiary/aromatic N) is 1. The van der Waals surface area contributed by atoms with Crippen LogP contribution in [-0.2, 0) is 14.3 Å². The zero-order valence-corrected chi connectivity index (χ0v) is 16.7. The molecule has 8 heteroatoms. The Kier molecular flexibility index (Phi) is 5.49. The highest BCUT2D eigenvalue weighted by Crippen LogP contribution is 2.32. The third kappa shape index (κ3) is 4.74. The largest absolute Gasteiger partial charge is 0.479 e. The molecule has 0 saturated carbocycles. The van der Waals surface area contributed by atoms with Crippen molar-refractivity contribution in [2.24, 2.45) is 5.92 Å². The van der Waals surface area contributed by atoms with Gasteiger partial charge in [0.25, 0.3) is 5.91 Å². The van der Waals surface area contributed by atoms with E-state index in [1.807, 2.05) is 20.8 Å². The van der Waals surface area contributed by atoms with Gasteiger partial charge in [-0.15, -0.1) is 0 Å². The van der Waals surface area contributed by atoms with E-state index in [0.29, 0.717) is 43.1 Å². The summed E-state index contributed by atoms with van der Waals surface area (Å²) in [6, 6.07) is 5.16. The van der Waals surface area contributed by atoms with Gasteiger partial charge in [-0.05, 0) is 58.7 Å². The minimum atomic E-state index is -0.539. The summed E-state index contributed by atoms with van der Waals surface area (Å²) in [5.74, 6) is 0.0852. The fraction of sp³-hybridized carbons (Fsp3) is 0.550. The van der Waals surface area contributed by atoms with Crippen LogP contribution in [0.1, 0.15) is 40.5 Å². The van der Waals surface area contributed by atoms with Crippen molar-refractivity contribution in [1.29, 1.82) is 0 Å². The van der Waals surface area contributed by atoms with E-state index in [0.717, 1.165) is 0 Å². The van der Waals surface area contributed by atoms with Gasteiger partial charge in [0.1, 0.15) is 11.4 Å². The molecular weight excluding hydrogens is 362 g/mol. The molecule has 1 fully saturated rings. The summed E-state index contributed by atoms with van der Waals surface area (Å²) < 4.78 is 10.9. The topological polar surface area (TPSA) is 97.0 Å². The smallest absolute Gasteiger partial charge is 0.410 e. The molecule has 2 heterocycles. The van der Waals surface area contributed by atoms with Gasteiger partial charge >= 0.3 is 6.09 Å². The number of benzene rings is 1. The van der Waals surface area contributed by atoms with E-state index in [1.54, 1.807) is 30.0 Å². The predicted molar refractivity (Wildman–Crippen MR) is 104 cm³/mol. The Labute approximate surface area is 164 Å². The Hall–Kier alpha value is -2.77. The molecule has 2 aliphatic heterocycles. The molecule has 8 nitrogen and oxygen atoms in total. The molecule has 1 saturated heterocycles. The molecule has 1 aromatic carbocycles. The van der Waals surface area contributed by atoms with E-state index >= 15 is 0 Å². The normalized spacial score (nSPS) is 19.9. The van der Waals surface area contributed by atoms with Gasteiger partial charge < -0.3 is 25.0 Å². The van der Waals surface area contributed by atoms with Crippen molar-refractivity contribution in [3.05, 3.63) is 18.2 Å². The lowest BCUT2D eigenvalue weighted by molar-refractivity contribution is -0.122. The molecule has 2 N–H and O–H groups in total. The van der Waals surface area contributed by atoms with Crippen LogP contribution < -0.4 is 15.4 Å². The average Bonchev–Trinajstić information content (AvgIpc) is 2.61. The number of likely N-dealkylation sites (tertiary alicyclic amines) is 1. The first-order valence-electron chi connectivity index (χ1n) is 9.53. The number of hydrogen-bond acceptors (Lipinski definition) is 5. The molecule has 1 aromatic rings. The van der Waals surface area contributed by atoms with Crippen LogP contribution in [0.5, 0.6) is 5.75 Å². The number of carbonyl (C=O) groups excluding carboxylic acids is 3. The third-order valence-electron chi connectivity index (χ3n) is 4.70. The molecule has 152 valence electrons. The summed E-state index contributed by atoms with van der Waals surface area (Å²) >= 11 is 0. The SMILES string of the molecule is C[C@@H]1Oc2ccc(NC(=O)C3CCN(C(=O)OC(C)(C)C)CC3)cc2NC1=O. The number of carbonyl (C=O) groups is 3. The van der Waals surface area contributed by atoms with Gasteiger partial charge in [-0.1, -0.05) is 0 Å². The number of rotatable bonds is 2. The van der Waals surface area contributed by atoms with Crippen LogP contribution in [0.4, 0.5) is 16.2 Å². The Morgan fingerprint density at radius 3 is 2.57 bits per heavy atom. The van der Waals surface area contributed by atoms with Crippen molar-refractivity contribution < 1.29 is 23.9 Å². The van der Waals surface area contributed by atoms with Gasteiger partial charge in [0.05, 0.1) is 5.69 Å². The van der Waals surface area contributed by atoms with Crippen molar-refractivity contribution in [2.45, 2.75) is 52.2 Å². The van der Waals surface area contributed by atoms with Gasteiger partial charge in [-0.3, -0.25) is 9.59 Å². The van der Waals surface area contributed by atoms with Crippen molar-refractivity contribution in [1.82, 2.24) is 4.90 Å². The number of anilines is 2. The molecule has 0 unspecified atom stereocenters. The third-order valence-corrected chi connectivity index (χ3v) is 4.70. The van der Waals surface area contributed by atoms with Crippen LogP contribution in [0.15, 0.2) is 18.2 Å². The molecule has 0 radical (unpaired) electrons. The number of amides is 3. The molecule has 0 aromatic heterocycles. The van der Waals surface area contributed by atoms with E-state index in [1.165, 1.54) is 0 Å². The number of ether oxygens (including phenoxy) is 2. The molecule has 0 spiro atoms. The maximum absolute atomic E-state index is 12.6. The second kappa shape index (κ2) is 7.69. The summed E-state index contributed by atoms with van der Waals surface area (Å²) in [6.07, 6.45) is 0.273.